The average molecular weight is 427 g/mol. The molecule has 1 aromatic heterocycles. The minimum atomic E-state index is -1.17. The van der Waals surface area contributed by atoms with Gasteiger partial charge < -0.3 is 15.1 Å². The van der Waals surface area contributed by atoms with Crippen LogP contribution in [0.1, 0.15) is 46.9 Å². The summed E-state index contributed by atoms with van der Waals surface area (Å²) in [4.78, 5) is 21.7. The molecule has 0 radical (unpaired) electrons. The van der Waals surface area contributed by atoms with Gasteiger partial charge in [0.15, 0.2) is 0 Å². The summed E-state index contributed by atoms with van der Waals surface area (Å²) in [6.07, 6.45) is -0.709. The van der Waals surface area contributed by atoms with Gasteiger partial charge in [-0.05, 0) is 48.7 Å². The molecule has 0 aliphatic carbocycles. The number of hydrogen-bond donors (Lipinski definition) is 2. The molecule has 0 saturated carbocycles. The Balaban J connectivity index is 1.89. The smallest absolute Gasteiger partial charge is 0.375 e. The van der Waals surface area contributed by atoms with E-state index in [1.165, 1.54) is 13.8 Å². The number of carbonyl (C=O) groups excluding carboxylic acids is 1. The first-order valence-electron chi connectivity index (χ1n) is 9.50. The molecular formula is C23H23ClN2O4. The highest BCUT2D eigenvalue weighted by atomic mass is 35.5. The van der Waals surface area contributed by atoms with Gasteiger partial charge in [-0.1, -0.05) is 65.2 Å². The van der Waals surface area contributed by atoms with Crippen molar-refractivity contribution in [1.82, 2.24) is 10.0 Å². The zero-order chi connectivity index (χ0) is 21.7. The molecule has 3 rings (SSSR count). The van der Waals surface area contributed by atoms with Crippen LogP contribution in [0.25, 0.3) is 0 Å². The lowest BCUT2D eigenvalue weighted by Crippen LogP contribution is -2.41. The quantitative estimate of drug-likeness (QED) is 0.439. The van der Waals surface area contributed by atoms with Crippen LogP contribution in [-0.4, -0.2) is 38.7 Å². The second kappa shape index (κ2) is 9.82. The zero-order valence-corrected chi connectivity index (χ0v) is 17.4. The fourth-order valence-electron chi connectivity index (χ4n) is 3.18. The first kappa shape index (κ1) is 21.9. The van der Waals surface area contributed by atoms with Crippen molar-refractivity contribution >= 4 is 17.6 Å². The molecule has 6 nitrogen and oxygen atoms in total. The molecule has 156 valence electrons. The number of aliphatic hydroxyl groups is 2. The molecule has 3 unspecified atom stereocenters. The molecule has 0 aliphatic heterocycles. The van der Waals surface area contributed by atoms with E-state index in [-0.39, 0.29) is 11.6 Å². The molecule has 3 aromatic rings. The van der Waals surface area contributed by atoms with Crippen LogP contribution in [-0.2, 0) is 4.84 Å². The van der Waals surface area contributed by atoms with Gasteiger partial charge in [0.2, 0.25) is 0 Å². The molecule has 30 heavy (non-hydrogen) atoms. The normalized spacial score (nSPS) is 14.2. The van der Waals surface area contributed by atoms with Crippen LogP contribution < -0.4 is 0 Å². The third kappa shape index (κ3) is 5.23. The minimum absolute atomic E-state index is 0.0629. The molecule has 0 aliphatic rings. The van der Waals surface area contributed by atoms with Crippen molar-refractivity contribution in [3.8, 4) is 0 Å². The average Bonchev–Trinajstić information content (AvgIpc) is 2.74. The maximum Gasteiger partial charge on any atom is 0.375 e. The number of hydrogen-bond acceptors (Lipinski definition) is 6. The molecule has 0 spiro atoms. The molecule has 0 saturated heterocycles. The highest BCUT2D eigenvalue weighted by molar-refractivity contribution is 6.30. The molecule has 2 N–H and O–H groups in total. The number of halogens is 1. The summed E-state index contributed by atoms with van der Waals surface area (Å²) >= 11 is 6.05. The van der Waals surface area contributed by atoms with Crippen LogP contribution in [0.4, 0.5) is 0 Å². The summed E-state index contributed by atoms with van der Waals surface area (Å²) in [7, 11) is 0. The molecule has 0 fully saturated rings. The second-order valence-electron chi connectivity index (χ2n) is 6.87. The summed E-state index contributed by atoms with van der Waals surface area (Å²) in [5.74, 6) is -0.862. The van der Waals surface area contributed by atoms with Crippen molar-refractivity contribution in [2.24, 2.45) is 0 Å². The van der Waals surface area contributed by atoms with Crippen LogP contribution in [0.15, 0.2) is 72.9 Å². The van der Waals surface area contributed by atoms with Crippen LogP contribution in [0.3, 0.4) is 0 Å². The first-order chi connectivity index (χ1) is 14.4. The Labute approximate surface area is 180 Å². The van der Waals surface area contributed by atoms with Crippen LogP contribution >= 0.6 is 11.6 Å². The van der Waals surface area contributed by atoms with E-state index < -0.39 is 18.4 Å². The lowest BCUT2D eigenvalue weighted by molar-refractivity contribution is -0.256. The van der Waals surface area contributed by atoms with Gasteiger partial charge in [-0.2, -0.15) is 0 Å². The van der Waals surface area contributed by atoms with Crippen molar-refractivity contribution in [3.63, 3.8) is 0 Å². The first-order valence-corrected chi connectivity index (χ1v) is 9.87. The Bertz CT molecular complexity index is 953. The van der Waals surface area contributed by atoms with Crippen LogP contribution in [0.5, 0.6) is 0 Å². The van der Waals surface area contributed by atoms with Gasteiger partial charge in [-0.3, -0.25) is 0 Å². The van der Waals surface area contributed by atoms with Gasteiger partial charge in [-0.25, -0.2) is 9.78 Å². The molecule has 0 bridgehead atoms. The maximum absolute atomic E-state index is 12.4. The van der Waals surface area contributed by atoms with Crippen molar-refractivity contribution in [3.05, 3.63) is 100 Å². The monoisotopic (exact) mass is 426 g/mol. The largest absolute Gasteiger partial charge is 0.375 e. The van der Waals surface area contributed by atoms with Crippen LogP contribution in [0.2, 0.25) is 5.02 Å². The molecule has 7 heteroatoms. The summed E-state index contributed by atoms with van der Waals surface area (Å²) in [5.41, 5.74) is 3.07. The maximum atomic E-state index is 12.4. The lowest BCUT2D eigenvalue weighted by Gasteiger charge is -2.25. The molecule has 2 aromatic carbocycles. The Morgan fingerprint density at radius 1 is 0.900 bits per heavy atom. The Kier molecular flexibility index (Phi) is 7.18. The topological polar surface area (TPSA) is 82.9 Å². The van der Waals surface area contributed by atoms with Gasteiger partial charge in [0.1, 0.15) is 18.1 Å². The fraction of sp³-hybridized carbons (Fsp3) is 0.217. The molecular weight excluding hydrogens is 404 g/mol. The van der Waals surface area contributed by atoms with Gasteiger partial charge in [0, 0.05) is 17.1 Å². The Morgan fingerprint density at radius 3 is 2.00 bits per heavy atom. The van der Waals surface area contributed by atoms with Gasteiger partial charge in [0.05, 0.1) is 0 Å². The number of hydroxylamine groups is 2. The fourth-order valence-corrected chi connectivity index (χ4v) is 3.31. The SMILES string of the molecule is CC(O)N(OC(=O)c1ccc(C(c2ccccc2)c2ccc(Cl)cc2)cn1)C(C)O. The number of pyridine rings is 1. The van der Waals surface area contributed by atoms with E-state index >= 15 is 0 Å². The number of aliphatic hydroxyl groups excluding tert-OH is 2. The van der Waals surface area contributed by atoms with Crippen molar-refractivity contribution < 1.29 is 19.8 Å². The highest BCUT2D eigenvalue weighted by Crippen LogP contribution is 2.32. The number of rotatable bonds is 7. The van der Waals surface area contributed by atoms with E-state index in [4.69, 9.17) is 16.4 Å². The van der Waals surface area contributed by atoms with Crippen molar-refractivity contribution in [2.45, 2.75) is 32.2 Å². The van der Waals surface area contributed by atoms with Gasteiger partial charge >= 0.3 is 5.97 Å². The second-order valence-corrected chi connectivity index (χ2v) is 7.31. The number of nitrogens with zero attached hydrogens (tertiary/aromatic N) is 2. The third-order valence-electron chi connectivity index (χ3n) is 4.59. The van der Waals surface area contributed by atoms with E-state index in [2.05, 4.69) is 4.98 Å². The summed E-state index contributed by atoms with van der Waals surface area (Å²) < 4.78 is 0. The van der Waals surface area contributed by atoms with Crippen molar-refractivity contribution in [2.75, 3.05) is 0 Å². The zero-order valence-electron chi connectivity index (χ0n) is 16.6. The van der Waals surface area contributed by atoms with Crippen LogP contribution in [0, 0.1) is 0 Å². The molecule has 0 amide bonds. The standard InChI is InChI=1S/C23H23ClN2O4/c1-15(27)26(16(2)28)30-23(29)21-13-10-19(14-25-21)22(17-6-4-3-5-7-17)18-8-11-20(24)12-9-18/h3-16,22,27-28H,1-2H3. The van der Waals surface area contributed by atoms with E-state index in [1.54, 1.807) is 12.3 Å². The number of carbonyl (C=O) groups is 1. The Morgan fingerprint density at radius 2 is 1.47 bits per heavy atom. The lowest BCUT2D eigenvalue weighted by atomic mass is 9.86. The molecule has 1 heterocycles. The van der Waals surface area contributed by atoms with E-state index in [1.807, 2.05) is 60.7 Å². The van der Waals surface area contributed by atoms with E-state index in [9.17, 15) is 15.0 Å². The predicted molar refractivity (Wildman–Crippen MR) is 114 cm³/mol. The number of benzene rings is 2. The summed E-state index contributed by atoms with van der Waals surface area (Å²) in [6, 6.07) is 20.9. The Hall–Kier alpha value is -2.77. The predicted octanol–water partition coefficient (Wildman–Crippen LogP) is 3.97. The molecule has 3 atom stereocenters. The van der Waals surface area contributed by atoms with Gasteiger partial charge in [-0.15, -0.1) is 0 Å². The van der Waals surface area contributed by atoms with E-state index in [0.717, 1.165) is 21.8 Å². The van der Waals surface area contributed by atoms with Gasteiger partial charge in [0.25, 0.3) is 0 Å². The van der Waals surface area contributed by atoms with E-state index in [0.29, 0.717) is 5.02 Å². The third-order valence-corrected chi connectivity index (χ3v) is 4.84. The summed E-state index contributed by atoms with van der Waals surface area (Å²) in [6.45, 7) is 2.76. The highest BCUT2D eigenvalue weighted by Gasteiger charge is 2.24. The minimum Gasteiger partial charge on any atom is -0.375 e. The number of aromatic nitrogens is 1. The summed E-state index contributed by atoms with van der Waals surface area (Å²) in [5, 5.41) is 20.7. The van der Waals surface area contributed by atoms with Crippen molar-refractivity contribution in [1.29, 1.82) is 0 Å².